The zero-order valence-corrected chi connectivity index (χ0v) is 16.5. The number of fused-ring (bicyclic) bond motifs is 1. The molecule has 0 bridgehead atoms. The lowest BCUT2D eigenvalue weighted by atomic mass is 10.1. The van der Waals surface area contributed by atoms with Crippen LogP contribution in [0.1, 0.15) is 27.2 Å². The van der Waals surface area contributed by atoms with Gasteiger partial charge in [-0.25, -0.2) is 4.68 Å². The lowest BCUT2D eigenvalue weighted by Crippen LogP contribution is -2.26. The molecule has 9 heteroatoms. The van der Waals surface area contributed by atoms with Crippen molar-refractivity contribution in [2.24, 2.45) is 0 Å². The van der Waals surface area contributed by atoms with E-state index in [4.69, 9.17) is 0 Å². The number of nitrogens with zero attached hydrogens (tertiary/aromatic N) is 5. The molecule has 6 nitrogen and oxygen atoms in total. The summed E-state index contributed by atoms with van der Waals surface area (Å²) >= 11 is 0. The van der Waals surface area contributed by atoms with E-state index in [9.17, 15) is 18.0 Å². The molecule has 0 saturated heterocycles. The maximum atomic E-state index is 12.9. The summed E-state index contributed by atoms with van der Waals surface area (Å²) in [6, 6.07) is 12.7. The van der Waals surface area contributed by atoms with Gasteiger partial charge in [-0.05, 0) is 34.7 Å². The van der Waals surface area contributed by atoms with Gasteiger partial charge in [0.25, 0.3) is 5.91 Å². The standard InChI is InChI=1S/C22H18F3N5O/c1-29(13-17-6-3-5-16-11-26-9-8-19(16)17)21(31)20-14-30(28-27-20)12-15-4-2-7-18(10-15)22(23,24)25/h2-11,14H,12-13H2,1H3. The van der Waals surface area contributed by atoms with Crippen LogP contribution in [0.15, 0.2) is 67.1 Å². The Labute approximate surface area is 175 Å². The average molecular weight is 425 g/mol. The lowest BCUT2D eigenvalue weighted by molar-refractivity contribution is -0.137. The van der Waals surface area contributed by atoms with Crippen LogP contribution in [-0.4, -0.2) is 37.8 Å². The Hall–Kier alpha value is -3.75. The number of hydrogen-bond donors (Lipinski definition) is 0. The van der Waals surface area contributed by atoms with Crippen molar-refractivity contribution in [3.63, 3.8) is 0 Å². The second kappa shape index (κ2) is 8.17. The van der Waals surface area contributed by atoms with Crippen LogP contribution in [0.2, 0.25) is 0 Å². The molecule has 0 aliphatic heterocycles. The first-order chi connectivity index (χ1) is 14.8. The van der Waals surface area contributed by atoms with Gasteiger partial charge in [-0.15, -0.1) is 5.10 Å². The molecule has 4 aromatic rings. The number of alkyl halides is 3. The largest absolute Gasteiger partial charge is 0.416 e. The molecule has 0 atom stereocenters. The number of halogens is 3. The summed E-state index contributed by atoms with van der Waals surface area (Å²) in [6.45, 7) is 0.435. The second-order valence-electron chi connectivity index (χ2n) is 7.17. The van der Waals surface area contributed by atoms with Crippen LogP contribution in [0, 0.1) is 0 Å². The van der Waals surface area contributed by atoms with Gasteiger partial charge in [0.1, 0.15) is 0 Å². The summed E-state index contributed by atoms with van der Waals surface area (Å²) in [5.41, 5.74) is 0.770. The van der Waals surface area contributed by atoms with Crippen LogP contribution in [0.3, 0.4) is 0 Å². The molecule has 0 fully saturated rings. The van der Waals surface area contributed by atoms with E-state index in [1.165, 1.54) is 21.8 Å². The molecule has 4 rings (SSSR count). The Morgan fingerprint density at radius 3 is 2.74 bits per heavy atom. The maximum absolute atomic E-state index is 12.9. The molecule has 2 heterocycles. The highest BCUT2D eigenvalue weighted by atomic mass is 19.4. The molecule has 0 unspecified atom stereocenters. The third-order valence-corrected chi connectivity index (χ3v) is 4.88. The molecule has 0 N–H and O–H groups in total. The summed E-state index contributed by atoms with van der Waals surface area (Å²) in [5, 5.41) is 9.78. The Morgan fingerprint density at radius 2 is 1.94 bits per heavy atom. The summed E-state index contributed by atoms with van der Waals surface area (Å²) in [5.74, 6) is -0.332. The molecular weight excluding hydrogens is 407 g/mol. The van der Waals surface area contributed by atoms with E-state index in [1.54, 1.807) is 25.5 Å². The van der Waals surface area contributed by atoms with Crippen molar-refractivity contribution in [1.29, 1.82) is 0 Å². The van der Waals surface area contributed by atoms with E-state index in [0.29, 0.717) is 12.1 Å². The third-order valence-electron chi connectivity index (χ3n) is 4.88. The minimum absolute atomic E-state index is 0.0736. The Kier molecular flexibility index (Phi) is 5.41. The van der Waals surface area contributed by atoms with Crippen LogP contribution in [0.25, 0.3) is 10.8 Å². The molecule has 1 amide bonds. The summed E-state index contributed by atoms with van der Waals surface area (Å²) in [7, 11) is 1.66. The van der Waals surface area contributed by atoms with Gasteiger partial charge in [0, 0.05) is 31.4 Å². The molecule has 158 valence electrons. The first-order valence-electron chi connectivity index (χ1n) is 9.44. The van der Waals surface area contributed by atoms with Gasteiger partial charge in [0.2, 0.25) is 0 Å². The lowest BCUT2D eigenvalue weighted by Gasteiger charge is -2.17. The Bertz CT molecular complexity index is 1230. The fraction of sp³-hybridized carbons (Fsp3) is 0.182. The van der Waals surface area contributed by atoms with Crippen molar-refractivity contribution in [2.75, 3.05) is 7.05 Å². The molecule has 0 radical (unpaired) electrons. The SMILES string of the molecule is CN(Cc1cccc2cnccc12)C(=O)c1cn(Cc2cccc(C(F)(F)F)c2)nn1. The van der Waals surface area contributed by atoms with Crippen LogP contribution >= 0.6 is 0 Å². The predicted molar refractivity (Wildman–Crippen MR) is 108 cm³/mol. The first kappa shape index (κ1) is 20.5. The van der Waals surface area contributed by atoms with Crippen molar-refractivity contribution in [3.05, 3.63) is 89.5 Å². The molecule has 0 saturated carbocycles. The third kappa shape index (κ3) is 4.55. The van der Waals surface area contributed by atoms with Gasteiger partial charge in [0.05, 0.1) is 18.3 Å². The maximum Gasteiger partial charge on any atom is 0.416 e. The average Bonchev–Trinajstić information content (AvgIpc) is 3.21. The number of pyridine rings is 1. The molecular formula is C22H18F3N5O. The van der Waals surface area contributed by atoms with E-state index in [1.807, 2.05) is 24.3 Å². The number of aromatic nitrogens is 4. The summed E-state index contributed by atoms with van der Waals surface area (Å²) in [6.07, 6.45) is 0.485. The number of carbonyl (C=O) groups excluding carboxylic acids is 1. The Balaban J connectivity index is 1.48. The molecule has 0 aliphatic carbocycles. The van der Waals surface area contributed by atoms with E-state index in [2.05, 4.69) is 15.3 Å². The van der Waals surface area contributed by atoms with Crippen molar-refractivity contribution >= 4 is 16.7 Å². The van der Waals surface area contributed by atoms with Gasteiger partial charge in [-0.3, -0.25) is 9.78 Å². The topological polar surface area (TPSA) is 63.9 Å². The van der Waals surface area contributed by atoms with E-state index in [-0.39, 0.29) is 18.1 Å². The highest BCUT2D eigenvalue weighted by molar-refractivity contribution is 5.92. The monoisotopic (exact) mass is 425 g/mol. The van der Waals surface area contributed by atoms with Gasteiger partial charge >= 0.3 is 6.18 Å². The minimum atomic E-state index is -4.42. The molecule has 0 spiro atoms. The molecule has 31 heavy (non-hydrogen) atoms. The highest BCUT2D eigenvalue weighted by Gasteiger charge is 2.30. The summed E-state index contributed by atoms with van der Waals surface area (Å²) < 4.78 is 40.0. The van der Waals surface area contributed by atoms with Crippen molar-refractivity contribution in [2.45, 2.75) is 19.3 Å². The Morgan fingerprint density at radius 1 is 1.13 bits per heavy atom. The van der Waals surface area contributed by atoms with E-state index < -0.39 is 11.7 Å². The first-order valence-corrected chi connectivity index (χ1v) is 9.44. The van der Waals surface area contributed by atoms with Gasteiger partial charge in [0.15, 0.2) is 5.69 Å². The number of amides is 1. The predicted octanol–water partition coefficient (Wildman–Crippen LogP) is 4.17. The fourth-order valence-corrected chi connectivity index (χ4v) is 3.36. The van der Waals surface area contributed by atoms with Crippen molar-refractivity contribution in [3.8, 4) is 0 Å². The van der Waals surface area contributed by atoms with Gasteiger partial charge < -0.3 is 4.90 Å². The van der Waals surface area contributed by atoms with Crippen LogP contribution < -0.4 is 0 Å². The van der Waals surface area contributed by atoms with Crippen molar-refractivity contribution < 1.29 is 18.0 Å². The van der Waals surface area contributed by atoms with Crippen LogP contribution in [0.5, 0.6) is 0 Å². The van der Waals surface area contributed by atoms with Crippen LogP contribution in [0.4, 0.5) is 13.2 Å². The second-order valence-corrected chi connectivity index (χ2v) is 7.17. The fourth-order valence-electron chi connectivity index (χ4n) is 3.36. The smallest absolute Gasteiger partial charge is 0.336 e. The normalized spacial score (nSPS) is 11.6. The van der Waals surface area contributed by atoms with Gasteiger partial charge in [-0.2, -0.15) is 13.2 Å². The number of rotatable bonds is 5. The van der Waals surface area contributed by atoms with Crippen LogP contribution in [-0.2, 0) is 19.3 Å². The van der Waals surface area contributed by atoms with E-state index in [0.717, 1.165) is 28.5 Å². The van der Waals surface area contributed by atoms with E-state index >= 15 is 0 Å². The molecule has 2 aromatic heterocycles. The zero-order valence-electron chi connectivity index (χ0n) is 16.5. The zero-order chi connectivity index (χ0) is 22.0. The number of carbonyl (C=O) groups is 1. The molecule has 2 aromatic carbocycles. The molecule has 0 aliphatic rings. The summed E-state index contributed by atoms with van der Waals surface area (Å²) in [4.78, 5) is 18.4. The minimum Gasteiger partial charge on any atom is -0.336 e. The van der Waals surface area contributed by atoms with Crippen molar-refractivity contribution in [1.82, 2.24) is 24.9 Å². The quantitative estimate of drug-likeness (QED) is 0.482. The van der Waals surface area contributed by atoms with Gasteiger partial charge in [-0.1, -0.05) is 35.5 Å². The highest BCUT2D eigenvalue weighted by Crippen LogP contribution is 2.29. The number of hydrogen-bond acceptors (Lipinski definition) is 4. The number of benzene rings is 2.